The van der Waals surface area contributed by atoms with Crippen LogP contribution in [-0.2, 0) is 0 Å². The van der Waals surface area contributed by atoms with Gasteiger partial charge in [0.25, 0.3) is 0 Å². The normalized spacial score (nSPS) is 10.7. The van der Waals surface area contributed by atoms with E-state index in [1.807, 2.05) is 0 Å². The summed E-state index contributed by atoms with van der Waals surface area (Å²) >= 11 is 0. The highest BCUT2D eigenvalue weighted by molar-refractivity contribution is 5.74. The lowest BCUT2D eigenvalue weighted by Gasteiger charge is -2.04. The molecule has 0 aliphatic heterocycles. The molecule has 1 aromatic carbocycles. The van der Waals surface area contributed by atoms with Gasteiger partial charge in [0.1, 0.15) is 17.3 Å². The van der Waals surface area contributed by atoms with E-state index >= 15 is 0 Å². The van der Waals surface area contributed by atoms with Gasteiger partial charge in [-0.3, -0.25) is 0 Å². The third-order valence-electron chi connectivity index (χ3n) is 2.38. The number of hydrogen-bond donors (Lipinski definition) is 2. The number of rotatable bonds is 2. The van der Waals surface area contributed by atoms with Gasteiger partial charge >= 0.3 is 0 Å². The molecule has 2 aromatic heterocycles. The highest BCUT2D eigenvalue weighted by atomic mass is 19.1. The predicted octanol–water partition coefficient (Wildman–Crippen LogP) is 2.47. The summed E-state index contributed by atoms with van der Waals surface area (Å²) in [6.07, 6.45) is 1.53. The Balaban J connectivity index is 1.92. The van der Waals surface area contributed by atoms with Crippen molar-refractivity contribution in [1.29, 1.82) is 0 Å². The third kappa shape index (κ3) is 1.95. The number of fused-ring (bicyclic) bond motifs is 1. The number of imidazole rings is 1. The van der Waals surface area contributed by atoms with Gasteiger partial charge < -0.3 is 15.5 Å². The zero-order valence-corrected chi connectivity index (χ0v) is 9.22. The molecule has 5 nitrogen and oxygen atoms in total. The number of ether oxygens (including phenoxy) is 1. The maximum absolute atomic E-state index is 12.7. The van der Waals surface area contributed by atoms with Gasteiger partial charge in [-0.15, -0.1) is 0 Å². The lowest BCUT2D eigenvalue weighted by atomic mass is 10.3. The number of nitrogen functional groups attached to an aromatic ring is 1. The molecule has 0 unspecified atom stereocenters. The van der Waals surface area contributed by atoms with E-state index in [1.54, 1.807) is 18.2 Å². The molecule has 2 heterocycles. The Kier molecular flexibility index (Phi) is 2.33. The number of nitrogens with one attached hydrogen (secondary N) is 1. The Hall–Kier alpha value is -2.63. The van der Waals surface area contributed by atoms with Crippen LogP contribution in [0, 0.1) is 5.82 Å². The zero-order valence-electron chi connectivity index (χ0n) is 9.22. The molecule has 18 heavy (non-hydrogen) atoms. The molecule has 0 spiro atoms. The molecule has 3 aromatic rings. The molecule has 0 saturated carbocycles. The molecule has 0 atom stereocenters. The summed E-state index contributed by atoms with van der Waals surface area (Å²) in [6, 6.07) is 7.47. The predicted molar refractivity (Wildman–Crippen MR) is 64.8 cm³/mol. The standard InChI is InChI=1S/C12H9FN4O/c13-7-1-3-8(4-2-7)18-9-5-10-11(15-6-9)17-12(14)16-10/h1-6H,(H3,14,15,16,17). The van der Waals surface area contributed by atoms with Crippen molar-refractivity contribution in [2.24, 2.45) is 0 Å². The SMILES string of the molecule is Nc1nc2ncc(Oc3ccc(F)cc3)cc2[nH]1. The van der Waals surface area contributed by atoms with Crippen LogP contribution < -0.4 is 10.5 Å². The van der Waals surface area contributed by atoms with Crippen molar-refractivity contribution in [2.45, 2.75) is 0 Å². The Morgan fingerprint density at radius 2 is 1.94 bits per heavy atom. The van der Waals surface area contributed by atoms with Crippen molar-refractivity contribution >= 4 is 17.1 Å². The van der Waals surface area contributed by atoms with Gasteiger partial charge in [-0.1, -0.05) is 0 Å². The molecule has 0 aliphatic carbocycles. The maximum atomic E-state index is 12.7. The lowest BCUT2D eigenvalue weighted by molar-refractivity contribution is 0.479. The number of halogens is 1. The van der Waals surface area contributed by atoms with Crippen LogP contribution in [0.3, 0.4) is 0 Å². The summed E-state index contributed by atoms with van der Waals surface area (Å²) in [5.74, 6) is 1.05. The minimum Gasteiger partial charge on any atom is -0.456 e. The van der Waals surface area contributed by atoms with Crippen LogP contribution in [0.5, 0.6) is 11.5 Å². The van der Waals surface area contributed by atoms with E-state index in [-0.39, 0.29) is 5.82 Å². The Bertz CT molecular complexity index is 693. The van der Waals surface area contributed by atoms with E-state index in [0.29, 0.717) is 28.6 Å². The van der Waals surface area contributed by atoms with Crippen molar-refractivity contribution < 1.29 is 9.13 Å². The minimum atomic E-state index is -0.308. The first-order valence-corrected chi connectivity index (χ1v) is 5.25. The number of hydrogen-bond acceptors (Lipinski definition) is 4. The molecule has 0 saturated heterocycles. The monoisotopic (exact) mass is 244 g/mol. The van der Waals surface area contributed by atoms with E-state index in [1.165, 1.54) is 18.3 Å². The van der Waals surface area contributed by atoms with Crippen LogP contribution in [0.1, 0.15) is 0 Å². The molecule has 3 N–H and O–H groups in total. The summed E-state index contributed by atoms with van der Waals surface area (Å²) in [5.41, 5.74) is 6.73. The quantitative estimate of drug-likeness (QED) is 0.726. The fourth-order valence-corrected chi connectivity index (χ4v) is 1.59. The van der Waals surface area contributed by atoms with Crippen LogP contribution in [0.2, 0.25) is 0 Å². The lowest BCUT2D eigenvalue weighted by Crippen LogP contribution is -1.86. The van der Waals surface area contributed by atoms with Crippen molar-refractivity contribution in [3.63, 3.8) is 0 Å². The summed E-state index contributed by atoms with van der Waals surface area (Å²) in [7, 11) is 0. The fraction of sp³-hybridized carbons (Fsp3) is 0. The van der Waals surface area contributed by atoms with E-state index < -0.39 is 0 Å². The number of anilines is 1. The summed E-state index contributed by atoms with van der Waals surface area (Å²) in [6.45, 7) is 0. The largest absolute Gasteiger partial charge is 0.456 e. The first-order chi connectivity index (χ1) is 8.70. The molecule has 0 aliphatic rings. The summed E-state index contributed by atoms with van der Waals surface area (Å²) in [5, 5.41) is 0. The maximum Gasteiger partial charge on any atom is 0.200 e. The average Bonchev–Trinajstić information content (AvgIpc) is 2.71. The van der Waals surface area contributed by atoms with Gasteiger partial charge in [0.15, 0.2) is 11.6 Å². The second kappa shape index (κ2) is 3.99. The summed E-state index contributed by atoms with van der Waals surface area (Å²) < 4.78 is 18.3. The summed E-state index contributed by atoms with van der Waals surface area (Å²) in [4.78, 5) is 10.9. The van der Waals surface area contributed by atoms with Crippen molar-refractivity contribution in [3.8, 4) is 11.5 Å². The number of H-pyrrole nitrogens is 1. The third-order valence-corrected chi connectivity index (χ3v) is 2.38. The number of aromatic amines is 1. The van der Waals surface area contributed by atoms with Crippen molar-refractivity contribution in [1.82, 2.24) is 15.0 Å². The molecule has 0 amide bonds. The highest BCUT2D eigenvalue weighted by Gasteiger charge is 2.04. The van der Waals surface area contributed by atoms with E-state index in [2.05, 4.69) is 15.0 Å². The van der Waals surface area contributed by atoms with Crippen LogP contribution in [0.15, 0.2) is 36.5 Å². The van der Waals surface area contributed by atoms with Crippen LogP contribution in [0.25, 0.3) is 11.2 Å². The molecule has 6 heteroatoms. The fourth-order valence-electron chi connectivity index (χ4n) is 1.59. The highest BCUT2D eigenvalue weighted by Crippen LogP contribution is 2.23. The second-order valence-electron chi connectivity index (χ2n) is 3.72. The first-order valence-electron chi connectivity index (χ1n) is 5.25. The van der Waals surface area contributed by atoms with Gasteiger partial charge in [-0.25, -0.2) is 9.37 Å². The first kappa shape index (κ1) is 10.5. The van der Waals surface area contributed by atoms with E-state index in [0.717, 1.165) is 0 Å². The van der Waals surface area contributed by atoms with Crippen molar-refractivity contribution in [2.75, 3.05) is 5.73 Å². The van der Waals surface area contributed by atoms with Gasteiger partial charge in [0.2, 0.25) is 0 Å². The van der Waals surface area contributed by atoms with E-state index in [4.69, 9.17) is 10.5 Å². The van der Waals surface area contributed by atoms with Gasteiger partial charge in [-0.2, -0.15) is 4.98 Å². The Morgan fingerprint density at radius 3 is 2.72 bits per heavy atom. The van der Waals surface area contributed by atoms with Crippen LogP contribution in [0.4, 0.5) is 10.3 Å². The van der Waals surface area contributed by atoms with E-state index in [9.17, 15) is 4.39 Å². The average molecular weight is 244 g/mol. The van der Waals surface area contributed by atoms with Gasteiger partial charge in [0.05, 0.1) is 11.7 Å². The number of nitrogens with zero attached hydrogens (tertiary/aromatic N) is 2. The number of aromatic nitrogens is 3. The molecular weight excluding hydrogens is 235 g/mol. The Morgan fingerprint density at radius 1 is 1.17 bits per heavy atom. The molecule has 0 bridgehead atoms. The minimum absolute atomic E-state index is 0.302. The van der Waals surface area contributed by atoms with Crippen LogP contribution in [-0.4, -0.2) is 15.0 Å². The number of pyridine rings is 1. The smallest absolute Gasteiger partial charge is 0.200 e. The topological polar surface area (TPSA) is 76.8 Å². The Labute approximate surface area is 101 Å². The van der Waals surface area contributed by atoms with Gasteiger partial charge in [0, 0.05) is 6.07 Å². The molecule has 0 fully saturated rings. The second-order valence-corrected chi connectivity index (χ2v) is 3.72. The molecule has 0 radical (unpaired) electrons. The van der Waals surface area contributed by atoms with Gasteiger partial charge in [-0.05, 0) is 24.3 Å². The number of benzene rings is 1. The number of nitrogens with two attached hydrogens (primary N) is 1. The molecular formula is C12H9FN4O. The molecule has 3 rings (SSSR count). The van der Waals surface area contributed by atoms with Crippen LogP contribution >= 0.6 is 0 Å². The van der Waals surface area contributed by atoms with Crippen molar-refractivity contribution in [3.05, 3.63) is 42.3 Å². The molecule has 90 valence electrons. The zero-order chi connectivity index (χ0) is 12.5.